The lowest BCUT2D eigenvalue weighted by atomic mass is 10.0. The van der Waals surface area contributed by atoms with Gasteiger partial charge in [-0.25, -0.2) is 0 Å². The number of benzene rings is 1. The van der Waals surface area contributed by atoms with Crippen molar-refractivity contribution in [1.29, 1.82) is 0 Å². The van der Waals surface area contributed by atoms with Crippen molar-refractivity contribution >= 4 is 21.8 Å². The third kappa shape index (κ3) is 4.92. The Hall–Kier alpha value is -2.81. The summed E-state index contributed by atoms with van der Waals surface area (Å²) in [4.78, 5) is 25.8. The average molecular weight is 491 g/mol. The first-order chi connectivity index (χ1) is 14.7. The molecular weight excluding hydrogens is 473 g/mol. The van der Waals surface area contributed by atoms with Crippen LogP contribution in [0.4, 0.5) is 13.2 Å². The van der Waals surface area contributed by atoms with Crippen LogP contribution in [0.5, 0.6) is 0 Å². The van der Waals surface area contributed by atoms with Crippen LogP contribution in [0.25, 0.3) is 11.4 Å². The lowest BCUT2D eigenvalue weighted by Gasteiger charge is -2.17. The highest BCUT2D eigenvalue weighted by Crippen LogP contribution is 2.42. The fourth-order valence-electron chi connectivity index (χ4n) is 3.33. The van der Waals surface area contributed by atoms with Crippen LogP contribution < -0.4 is 5.32 Å². The number of pyridine rings is 1. The van der Waals surface area contributed by atoms with E-state index < -0.39 is 23.7 Å². The van der Waals surface area contributed by atoms with Gasteiger partial charge in [0, 0.05) is 28.6 Å². The van der Waals surface area contributed by atoms with Gasteiger partial charge in [0.2, 0.25) is 0 Å². The maximum absolute atomic E-state index is 13.3. The van der Waals surface area contributed by atoms with E-state index in [1.54, 1.807) is 25.3 Å². The molecule has 1 saturated carbocycles. The highest BCUT2D eigenvalue weighted by atomic mass is 79.9. The zero-order valence-electron chi connectivity index (χ0n) is 16.4. The maximum atomic E-state index is 13.3. The van der Waals surface area contributed by atoms with Crippen molar-refractivity contribution in [2.75, 3.05) is 0 Å². The van der Waals surface area contributed by atoms with Gasteiger partial charge >= 0.3 is 6.18 Å². The zero-order chi connectivity index (χ0) is 22.2. The van der Waals surface area contributed by atoms with Crippen LogP contribution >= 0.6 is 15.9 Å². The van der Waals surface area contributed by atoms with Crippen LogP contribution in [0, 0.1) is 0 Å². The van der Waals surface area contributed by atoms with E-state index in [9.17, 15) is 18.0 Å². The Kier molecular flexibility index (Phi) is 5.79. The van der Waals surface area contributed by atoms with E-state index in [4.69, 9.17) is 0 Å². The number of aromatic nitrogens is 3. The molecule has 2 heterocycles. The number of carbonyl (C=O) groups is 1. The predicted octanol–water partition coefficient (Wildman–Crippen LogP) is 5.69. The molecule has 1 aliphatic carbocycles. The first-order valence-corrected chi connectivity index (χ1v) is 10.5. The van der Waals surface area contributed by atoms with E-state index in [2.05, 4.69) is 36.2 Å². The van der Waals surface area contributed by atoms with Crippen molar-refractivity contribution in [1.82, 2.24) is 20.3 Å². The fourth-order valence-corrected chi connectivity index (χ4v) is 3.56. The van der Waals surface area contributed by atoms with Crippen LogP contribution in [0.15, 0.2) is 53.4 Å². The maximum Gasteiger partial charge on any atom is 0.416 e. The third-order valence-electron chi connectivity index (χ3n) is 5.05. The Labute approximate surface area is 185 Å². The second-order valence-corrected chi connectivity index (χ2v) is 8.38. The van der Waals surface area contributed by atoms with Crippen molar-refractivity contribution in [3.8, 4) is 11.4 Å². The van der Waals surface area contributed by atoms with Crippen molar-refractivity contribution in [3.05, 3.63) is 75.8 Å². The van der Waals surface area contributed by atoms with Gasteiger partial charge in [0.05, 0.1) is 23.0 Å². The van der Waals surface area contributed by atoms with Crippen LogP contribution in [0.1, 0.15) is 58.9 Å². The molecule has 31 heavy (non-hydrogen) atoms. The number of hydrogen-bond donors (Lipinski definition) is 1. The van der Waals surface area contributed by atoms with Crippen molar-refractivity contribution in [2.24, 2.45) is 0 Å². The largest absolute Gasteiger partial charge is 0.416 e. The minimum atomic E-state index is -4.52. The van der Waals surface area contributed by atoms with Gasteiger partial charge in [0.15, 0.2) is 0 Å². The number of alkyl halides is 3. The van der Waals surface area contributed by atoms with Gasteiger partial charge in [-0.3, -0.25) is 19.7 Å². The highest BCUT2D eigenvalue weighted by Gasteiger charge is 2.34. The summed E-state index contributed by atoms with van der Waals surface area (Å²) < 4.78 is 40.8. The topological polar surface area (TPSA) is 67.8 Å². The first kappa shape index (κ1) is 21.4. The molecule has 1 amide bonds. The van der Waals surface area contributed by atoms with Gasteiger partial charge < -0.3 is 5.32 Å². The van der Waals surface area contributed by atoms with Crippen molar-refractivity contribution < 1.29 is 18.0 Å². The van der Waals surface area contributed by atoms with Crippen LogP contribution in [-0.2, 0) is 6.18 Å². The molecule has 1 fully saturated rings. The van der Waals surface area contributed by atoms with Gasteiger partial charge in [0.1, 0.15) is 5.69 Å². The zero-order valence-corrected chi connectivity index (χ0v) is 18.0. The molecule has 1 N–H and O–H groups in total. The monoisotopic (exact) mass is 490 g/mol. The number of carbonyl (C=O) groups excluding carboxylic acids is 1. The predicted molar refractivity (Wildman–Crippen MR) is 112 cm³/mol. The highest BCUT2D eigenvalue weighted by molar-refractivity contribution is 9.10. The van der Waals surface area contributed by atoms with E-state index in [1.807, 2.05) is 6.07 Å². The van der Waals surface area contributed by atoms with Gasteiger partial charge in [-0.2, -0.15) is 13.2 Å². The van der Waals surface area contributed by atoms with Gasteiger partial charge in [-0.05, 0) is 77.5 Å². The molecule has 160 valence electrons. The van der Waals surface area contributed by atoms with Gasteiger partial charge in [-0.1, -0.05) is 0 Å². The molecule has 1 aliphatic rings. The average Bonchev–Trinajstić information content (AvgIpc) is 3.59. The molecule has 9 heteroatoms. The second-order valence-electron chi connectivity index (χ2n) is 7.46. The molecular formula is C22H18BrF3N4O. The molecule has 5 nitrogen and oxygen atoms in total. The minimum Gasteiger partial charge on any atom is -0.344 e. The number of nitrogens with one attached hydrogen (secondary N) is 1. The first-order valence-electron chi connectivity index (χ1n) is 9.68. The molecule has 2 aromatic heterocycles. The van der Waals surface area contributed by atoms with E-state index >= 15 is 0 Å². The normalized spacial score (nSPS) is 14.9. The summed E-state index contributed by atoms with van der Waals surface area (Å²) in [5.74, 6) is -0.512. The smallest absolute Gasteiger partial charge is 0.344 e. The van der Waals surface area contributed by atoms with Crippen molar-refractivity contribution in [2.45, 2.75) is 37.9 Å². The SMILES string of the molecule is CC(NC(=O)c1cc(C2CC2)cc(C(F)(F)F)c1)c1nccnc1-c1ccc(Br)cn1. The quantitative estimate of drug-likeness (QED) is 0.498. The number of rotatable bonds is 5. The Morgan fingerprint density at radius 1 is 1.13 bits per heavy atom. The summed E-state index contributed by atoms with van der Waals surface area (Å²) in [6.45, 7) is 1.71. The minimum absolute atomic E-state index is 0.0178. The summed E-state index contributed by atoms with van der Waals surface area (Å²) in [5.41, 5.74) is 1.25. The Morgan fingerprint density at radius 2 is 1.87 bits per heavy atom. The Balaban J connectivity index is 1.61. The lowest BCUT2D eigenvalue weighted by molar-refractivity contribution is -0.137. The van der Waals surface area contributed by atoms with Gasteiger partial charge in [-0.15, -0.1) is 0 Å². The number of nitrogens with zero attached hydrogens (tertiary/aromatic N) is 3. The molecule has 0 bridgehead atoms. The molecule has 1 unspecified atom stereocenters. The van der Waals surface area contributed by atoms with Crippen LogP contribution in [-0.4, -0.2) is 20.9 Å². The Bertz CT molecular complexity index is 1110. The Morgan fingerprint density at radius 3 is 2.52 bits per heavy atom. The number of halogens is 4. The molecule has 0 radical (unpaired) electrons. The van der Waals surface area contributed by atoms with E-state index in [1.165, 1.54) is 12.4 Å². The third-order valence-corrected chi connectivity index (χ3v) is 5.52. The van der Waals surface area contributed by atoms with Gasteiger partial charge in [0.25, 0.3) is 5.91 Å². The fraction of sp³-hybridized carbons (Fsp3) is 0.273. The van der Waals surface area contributed by atoms with Crippen LogP contribution in [0.2, 0.25) is 0 Å². The summed E-state index contributed by atoms with van der Waals surface area (Å²) >= 11 is 3.33. The van der Waals surface area contributed by atoms with Crippen LogP contribution in [0.3, 0.4) is 0 Å². The molecule has 1 atom stereocenters. The molecule has 4 rings (SSSR count). The summed E-state index contributed by atoms with van der Waals surface area (Å²) in [6, 6.07) is 6.55. The number of amides is 1. The second kappa shape index (κ2) is 8.37. The van der Waals surface area contributed by atoms with E-state index in [-0.39, 0.29) is 11.5 Å². The number of hydrogen-bond acceptors (Lipinski definition) is 4. The summed E-state index contributed by atoms with van der Waals surface area (Å²) in [5, 5.41) is 2.75. The van der Waals surface area contributed by atoms with Crippen molar-refractivity contribution in [3.63, 3.8) is 0 Å². The van der Waals surface area contributed by atoms with E-state index in [0.717, 1.165) is 29.4 Å². The lowest BCUT2D eigenvalue weighted by Crippen LogP contribution is -2.28. The summed E-state index contributed by atoms with van der Waals surface area (Å²) in [7, 11) is 0. The molecule has 0 saturated heterocycles. The molecule has 0 spiro atoms. The molecule has 0 aliphatic heterocycles. The summed E-state index contributed by atoms with van der Waals surface area (Å²) in [6.07, 6.45) is 1.79. The molecule has 3 aromatic rings. The standard InChI is InChI=1S/C22H18BrF3N4O/c1-12(19-20(28-7-6-27-19)18-5-4-17(23)11-29-18)30-21(31)15-8-14(13-2-3-13)9-16(10-15)22(24,25)26/h4-13H,2-3H2,1H3,(H,30,31). The van der Waals surface area contributed by atoms with E-state index in [0.29, 0.717) is 22.6 Å². The molecule has 1 aromatic carbocycles.